The number of nitrogens with zero attached hydrogens (tertiary/aromatic N) is 6. The zero-order chi connectivity index (χ0) is 28.2. The summed E-state index contributed by atoms with van der Waals surface area (Å²) in [5.41, 5.74) is 2.50. The summed E-state index contributed by atoms with van der Waals surface area (Å²) >= 11 is 0. The van der Waals surface area contributed by atoms with Gasteiger partial charge < -0.3 is 19.9 Å². The second-order valence-corrected chi connectivity index (χ2v) is 9.48. The Labute approximate surface area is 228 Å². The highest BCUT2D eigenvalue weighted by atomic mass is 19.1. The Morgan fingerprint density at radius 3 is 2.75 bits per heavy atom. The summed E-state index contributed by atoms with van der Waals surface area (Å²) in [6.45, 7) is 2.07. The van der Waals surface area contributed by atoms with Crippen LogP contribution < -0.4 is 14.8 Å². The number of aliphatic carboxylic acids is 1. The lowest BCUT2D eigenvalue weighted by atomic mass is 9.87. The van der Waals surface area contributed by atoms with Crippen LogP contribution >= 0.6 is 0 Å². The first-order chi connectivity index (χ1) is 19.3. The quantitative estimate of drug-likeness (QED) is 0.302. The topological polar surface area (TPSA) is 137 Å². The Morgan fingerprint density at radius 2 is 1.98 bits per heavy atom. The number of carboxylic acids is 1. The van der Waals surface area contributed by atoms with Gasteiger partial charge in [-0.25, -0.2) is 23.4 Å². The van der Waals surface area contributed by atoms with Gasteiger partial charge >= 0.3 is 5.97 Å². The van der Waals surface area contributed by atoms with E-state index in [0.29, 0.717) is 41.4 Å². The van der Waals surface area contributed by atoms with Crippen molar-refractivity contribution in [3.8, 4) is 28.8 Å². The van der Waals surface area contributed by atoms with Crippen LogP contribution in [0.4, 0.5) is 14.7 Å². The Kier molecular flexibility index (Phi) is 7.80. The third-order valence-electron chi connectivity index (χ3n) is 6.64. The van der Waals surface area contributed by atoms with Crippen molar-refractivity contribution >= 4 is 11.9 Å². The molecule has 0 radical (unpaired) electrons. The van der Waals surface area contributed by atoms with Gasteiger partial charge in [0.1, 0.15) is 17.3 Å². The number of hydrogen-bond donors (Lipinski definition) is 2. The normalized spacial score (nSPS) is 16.9. The number of halogens is 2. The van der Waals surface area contributed by atoms with Crippen LogP contribution in [-0.2, 0) is 18.4 Å². The van der Waals surface area contributed by atoms with Crippen LogP contribution in [0, 0.1) is 24.5 Å². The molecule has 11 nitrogen and oxygen atoms in total. The Morgan fingerprint density at radius 1 is 1.15 bits per heavy atom. The Hall–Kier alpha value is -4.68. The van der Waals surface area contributed by atoms with Gasteiger partial charge in [-0.3, -0.25) is 4.79 Å². The maximum absolute atomic E-state index is 14.0. The van der Waals surface area contributed by atoms with Crippen molar-refractivity contribution in [3.63, 3.8) is 0 Å². The van der Waals surface area contributed by atoms with E-state index in [-0.39, 0.29) is 36.1 Å². The van der Waals surface area contributed by atoms with Gasteiger partial charge in [-0.05, 0) is 56.9 Å². The fourth-order valence-corrected chi connectivity index (χ4v) is 4.55. The zero-order valence-corrected chi connectivity index (χ0v) is 21.8. The molecule has 0 aliphatic heterocycles. The monoisotopic (exact) mass is 551 g/mol. The minimum Gasteiger partial charge on any atom is -0.489 e. The average molecular weight is 552 g/mol. The molecule has 3 heterocycles. The predicted molar refractivity (Wildman–Crippen MR) is 139 cm³/mol. The van der Waals surface area contributed by atoms with Gasteiger partial charge in [-0.2, -0.15) is 4.98 Å². The molecule has 1 fully saturated rings. The number of carboxylic acid groups (broad SMARTS) is 1. The van der Waals surface area contributed by atoms with Crippen LogP contribution in [0.15, 0.2) is 42.6 Å². The molecule has 5 rings (SSSR count). The van der Waals surface area contributed by atoms with Crippen LogP contribution in [-0.4, -0.2) is 47.1 Å². The first kappa shape index (κ1) is 26.9. The van der Waals surface area contributed by atoms with Crippen molar-refractivity contribution in [1.29, 1.82) is 0 Å². The Bertz CT molecular complexity index is 1530. The third kappa shape index (κ3) is 6.14. The molecule has 1 saturated carbocycles. The molecule has 2 atom stereocenters. The zero-order valence-electron chi connectivity index (χ0n) is 21.8. The fourth-order valence-electron chi connectivity index (χ4n) is 4.55. The van der Waals surface area contributed by atoms with E-state index in [1.807, 2.05) is 13.0 Å². The molecule has 1 aliphatic carbocycles. The number of ether oxygens (including phenoxy) is 2. The molecule has 4 aromatic rings. The number of hydrogen-bond acceptors (Lipinski definition) is 9. The second kappa shape index (κ2) is 11.6. The average Bonchev–Trinajstić information content (AvgIpc) is 3.30. The van der Waals surface area contributed by atoms with Gasteiger partial charge in [-0.1, -0.05) is 5.21 Å². The lowest BCUT2D eigenvalue weighted by Gasteiger charge is -2.27. The maximum atomic E-state index is 14.0. The van der Waals surface area contributed by atoms with Gasteiger partial charge in [0.15, 0.2) is 11.6 Å². The minimum absolute atomic E-state index is 0.0758. The van der Waals surface area contributed by atoms with Crippen LogP contribution in [0.1, 0.15) is 37.1 Å². The maximum Gasteiger partial charge on any atom is 0.306 e. The van der Waals surface area contributed by atoms with Gasteiger partial charge in [0.25, 0.3) is 0 Å². The molecule has 40 heavy (non-hydrogen) atoms. The van der Waals surface area contributed by atoms with Gasteiger partial charge in [-0.15, -0.1) is 5.10 Å². The van der Waals surface area contributed by atoms with Crippen molar-refractivity contribution in [2.45, 2.75) is 45.3 Å². The molecular formula is C27H27F2N7O4. The number of benzene rings is 1. The van der Waals surface area contributed by atoms with Crippen molar-refractivity contribution in [2.24, 2.45) is 13.0 Å². The molecular weight excluding hydrogens is 524 g/mol. The summed E-state index contributed by atoms with van der Waals surface area (Å²) in [7, 11) is 1.75. The minimum atomic E-state index is -0.846. The van der Waals surface area contributed by atoms with E-state index in [0.717, 1.165) is 25.0 Å². The summed E-state index contributed by atoms with van der Waals surface area (Å²) in [5, 5.41) is 20.8. The largest absolute Gasteiger partial charge is 0.489 e. The highest BCUT2D eigenvalue weighted by molar-refractivity contribution is 5.70. The summed E-state index contributed by atoms with van der Waals surface area (Å²) < 4.78 is 40.3. The molecule has 0 saturated heterocycles. The molecule has 0 amide bonds. The molecule has 208 valence electrons. The van der Waals surface area contributed by atoms with E-state index in [1.165, 1.54) is 18.3 Å². The van der Waals surface area contributed by atoms with Crippen LogP contribution in [0.25, 0.3) is 11.4 Å². The number of aryl methyl sites for hydroxylation is 2. The number of aromatic nitrogens is 6. The third-order valence-corrected chi connectivity index (χ3v) is 6.64. The van der Waals surface area contributed by atoms with E-state index in [2.05, 4.69) is 30.6 Å². The number of nitrogens with one attached hydrogen (secondary N) is 1. The van der Waals surface area contributed by atoms with Gasteiger partial charge in [0.2, 0.25) is 11.8 Å². The number of rotatable bonds is 9. The predicted octanol–water partition coefficient (Wildman–Crippen LogP) is 4.68. The molecule has 1 aliphatic rings. The van der Waals surface area contributed by atoms with E-state index in [9.17, 15) is 18.7 Å². The first-order valence-corrected chi connectivity index (χ1v) is 12.7. The summed E-state index contributed by atoms with van der Waals surface area (Å²) in [6.07, 6.45) is 4.04. The van der Waals surface area contributed by atoms with Crippen molar-refractivity contribution in [1.82, 2.24) is 29.9 Å². The molecule has 13 heteroatoms. The van der Waals surface area contributed by atoms with Crippen LogP contribution in [0.3, 0.4) is 0 Å². The molecule has 0 bridgehead atoms. The van der Waals surface area contributed by atoms with E-state index >= 15 is 0 Å². The standard InChI is InChI=1S/C27H27F2N7O4/c1-15-22(39-18-5-3-4-16(12-18)26(37)38)9-7-20(32-15)25-21(36(2)35-34-25)14-31-27-30-11-10-24(33-27)40-23-8-6-17(28)13-19(23)29/h6-11,13,16,18H,3-5,12,14H2,1-2H3,(H,37,38)(H,30,31,33)/t16-,18-/m0/s1. The first-order valence-electron chi connectivity index (χ1n) is 12.7. The molecule has 0 unspecified atom stereocenters. The summed E-state index contributed by atoms with van der Waals surface area (Å²) in [5.74, 6) is -2.00. The number of carbonyl (C=O) groups is 1. The summed E-state index contributed by atoms with van der Waals surface area (Å²) in [6, 6.07) is 8.06. The van der Waals surface area contributed by atoms with Gasteiger partial charge in [0.05, 0.1) is 35.6 Å². The van der Waals surface area contributed by atoms with E-state index < -0.39 is 17.6 Å². The van der Waals surface area contributed by atoms with Crippen molar-refractivity contribution in [3.05, 3.63) is 65.6 Å². The lowest BCUT2D eigenvalue weighted by molar-refractivity contribution is -0.143. The number of pyridine rings is 1. The van der Waals surface area contributed by atoms with Gasteiger partial charge in [0, 0.05) is 25.4 Å². The molecule has 1 aromatic carbocycles. The van der Waals surface area contributed by atoms with Crippen LogP contribution in [0.2, 0.25) is 0 Å². The smallest absolute Gasteiger partial charge is 0.306 e. The van der Waals surface area contributed by atoms with Crippen molar-refractivity contribution < 1.29 is 28.2 Å². The molecule has 2 N–H and O–H groups in total. The van der Waals surface area contributed by atoms with E-state index in [1.54, 1.807) is 17.8 Å². The second-order valence-electron chi connectivity index (χ2n) is 9.48. The fraction of sp³-hybridized carbons (Fsp3) is 0.333. The highest BCUT2D eigenvalue weighted by Gasteiger charge is 2.28. The van der Waals surface area contributed by atoms with Crippen molar-refractivity contribution in [2.75, 3.05) is 5.32 Å². The molecule has 3 aromatic heterocycles. The summed E-state index contributed by atoms with van der Waals surface area (Å²) in [4.78, 5) is 24.5. The number of anilines is 1. The lowest BCUT2D eigenvalue weighted by Crippen LogP contribution is -2.29. The highest BCUT2D eigenvalue weighted by Crippen LogP contribution is 2.31. The van der Waals surface area contributed by atoms with Crippen LogP contribution in [0.5, 0.6) is 17.4 Å². The SMILES string of the molecule is Cc1nc(-c2nnn(C)c2CNc2nccc(Oc3ccc(F)cc3F)n2)ccc1O[C@H]1CCC[C@H](C(=O)O)C1. The molecule has 0 spiro atoms. The Balaban J connectivity index is 1.27. The van der Waals surface area contributed by atoms with E-state index in [4.69, 9.17) is 9.47 Å².